The molecule has 0 bridgehead atoms. The quantitative estimate of drug-likeness (QED) is 0.0345. The molecule has 1 atom stereocenters. The standard InChI is InChI=1S/C63H106O5/c1-4-7-10-13-16-19-22-25-28-30-31-32-34-37-40-43-46-49-52-55-58-66-59-61(68-63(65)57-54-51-48-45-42-39-35-27-24-21-18-15-12-9-6-3)60-67-62(64)56-53-50-47-44-41-38-36-33-29-26-23-20-17-14-11-8-5-2/h7,10,16,18-19,21,25-29,31-32,35,37,40,46,49,61H,4-6,8-9,11-15,17,20,22-24,30,33-34,36,38-39,41-45,47-48,50-60H2,1-3H3/b10-7-,19-16-,21-18-,28-25-,29-26-,32-31-,35-27-,40-37-,49-46-. The molecule has 0 aromatic rings. The lowest BCUT2D eigenvalue weighted by Crippen LogP contribution is -2.30. The van der Waals surface area contributed by atoms with Crippen LogP contribution < -0.4 is 0 Å². The highest BCUT2D eigenvalue weighted by atomic mass is 16.6. The minimum absolute atomic E-state index is 0.0489. The molecule has 0 aromatic heterocycles. The van der Waals surface area contributed by atoms with Crippen molar-refractivity contribution in [1.82, 2.24) is 0 Å². The molecule has 0 N–H and O–H groups in total. The highest BCUT2D eigenvalue weighted by molar-refractivity contribution is 5.70. The summed E-state index contributed by atoms with van der Waals surface area (Å²) < 4.78 is 17.4. The molecule has 0 aliphatic rings. The Labute approximate surface area is 421 Å². The van der Waals surface area contributed by atoms with Crippen LogP contribution in [0, 0.1) is 0 Å². The SMILES string of the molecule is CC/C=C\C/C=C\C/C=C\C/C=C\C/C=C\C/C=C\CCCOCC(COC(=O)CCCCCCCCC/C=C\CCCCCCCC)OC(=O)CCCCCCC/C=C\C/C=C\CCCCC. The maximum atomic E-state index is 12.8. The topological polar surface area (TPSA) is 61.8 Å². The van der Waals surface area contributed by atoms with Crippen LogP contribution in [0.25, 0.3) is 0 Å². The fraction of sp³-hybridized carbons (Fsp3) is 0.683. The highest BCUT2D eigenvalue weighted by Crippen LogP contribution is 2.14. The lowest BCUT2D eigenvalue weighted by atomic mass is 10.1. The second-order valence-corrected chi connectivity index (χ2v) is 18.4. The van der Waals surface area contributed by atoms with Crippen LogP contribution in [0.2, 0.25) is 0 Å². The van der Waals surface area contributed by atoms with Crippen LogP contribution in [0.1, 0.15) is 252 Å². The summed E-state index contributed by atoms with van der Waals surface area (Å²) in [6.07, 6.45) is 79.7. The van der Waals surface area contributed by atoms with E-state index in [4.69, 9.17) is 14.2 Å². The Kier molecular flexibility index (Phi) is 54.9. The van der Waals surface area contributed by atoms with Crippen LogP contribution >= 0.6 is 0 Å². The number of unbranched alkanes of at least 4 members (excludes halogenated alkanes) is 22. The summed E-state index contributed by atoms with van der Waals surface area (Å²) in [7, 11) is 0. The van der Waals surface area contributed by atoms with Gasteiger partial charge in [-0.1, -0.05) is 226 Å². The zero-order valence-corrected chi connectivity index (χ0v) is 44.6. The summed E-state index contributed by atoms with van der Waals surface area (Å²) in [5.41, 5.74) is 0. The molecule has 0 saturated carbocycles. The first kappa shape index (κ1) is 64.6. The van der Waals surface area contributed by atoms with Crippen molar-refractivity contribution in [3.63, 3.8) is 0 Å². The maximum absolute atomic E-state index is 12.8. The predicted molar refractivity (Wildman–Crippen MR) is 297 cm³/mol. The molecule has 5 heteroatoms. The highest BCUT2D eigenvalue weighted by Gasteiger charge is 2.17. The van der Waals surface area contributed by atoms with Gasteiger partial charge in [0.1, 0.15) is 6.61 Å². The average molecular weight is 944 g/mol. The molecule has 68 heavy (non-hydrogen) atoms. The number of rotatable bonds is 51. The van der Waals surface area contributed by atoms with E-state index in [-0.39, 0.29) is 25.2 Å². The Morgan fingerprint density at radius 1 is 0.338 bits per heavy atom. The number of carbonyl (C=O) groups excluding carboxylic acids is 2. The monoisotopic (exact) mass is 943 g/mol. The molecule has 0 spiro atoms. The fourth-order valence-electron chi connectivity index (χ4n) is 7.55. The number of hydrogen-bond acceptors (Lipinski definition) is 5. The Bertz CT molecular complexity index is 1340. The lowest BCUT2D eigenvalue weighted by Gasteiger charge is -2.18. The Morgan fingerprint density at radius 2 is 0.662 bits per heavy atom. The Hall–Kier alpha value is -3.44. The van der Waals surface area contributed by atoms with E-state index in [1.165, 1.54) is 116 Å². The van der Waals surface area contributed by atoms with Gasteiger partial charge >= 0.3 is 11.9 Å². The van der Waals surface area contributed by atoms with Crippen LogP contribution in [0.4, 0.5) is 0 Å². The summed E-state index contributed by atoms with van der Waals surface area (Å²) in [4.78, 5) is 25.5. The Balaban J connectivity index is 4.42. The van der Waals surface area contributed by atoms with Crippen molar-refractivity contribution in [2.24, 2.45) is 0 Å². The summed E-state index contributed by atoms with van der Waals surface area (Å²) in [6.45, 7) is 7.53. The van der Waals surface area contributed by atoms with Gasteiger partial charge in [0.2, 0.25) is 0 Å². The summed E-state index contributed by atoms with van der Waals surface area (Å²) in [5, 5.41) is 0. The van der Waals surface area contributed by atoms with E-state index in [1.54, 1.807) is 0 Å². The van der Waals surface area contributed by atoms with Gasteiger partial charge in [-0.2, -0.15) is 0 Å². The molecule has 0 aliphatic heterocycles. The average Bonchev–Trinajstić information content (AvgIpc) is 3.34. The molecule has 0 saturated heterocycles. The minimum Gasteiger partial charge on any atom is -0.462 e. The van der Waals surface area contributed by atoms with Crippen LogP contribution in [0.5, 0.6) is 0 Å². The molecular formula is C63H106O5. The molecule has 0 aromatic carbocycles. The molecule has 0 fully saturated rings. The molecule has 0 heterocycles. The molecular weight excluding hydrogens is 837 g/mol. The van der Waals surface area contributed by atoms with Crippen molar-refractivity contribution >= 4 is 11.9 Å². The third-order valence-corrected chi connectivity index (χ3v) is 11.8. The van der Waals surface area contributed by atoms with E-state index in [1.807, 2.05) is 0 Å². The van der Waals surface area contributed by atoms with Gasteiger partial charge in [0, 0.05) is 19.4 Å². The lowest BCUT2D eigenvalue weighted by molar-refractivity contribution is -0.163. The molecule has 0 radical (unpaired) electrons. The van der Waals surface area contributed by atoms with E-state index in [0.29, 0.717) is 19.4 Å². The van der Waals surface area contributed by atoms with Crippen molar-refractivity contribution < 1.29 is 23.8 Å². The number of ether oxygens (including phenoxy) is 3. The largest absolute Gasteiger partial charge is 0.462 e. The van der Waals surface area contributed by atoms with E-state index in [2.05, 4.69) is 130 Å². The first-order valence-corrected chi connectivity index (χ1v) is 28.4. The van der Waals surface area contributed by atoms with Gasteiger partial charge in [0.15, 0.2) is 6.10 Å². The van der Waals surface area contributed by atoms with Gasteiger partial charge in [-0.25, -0.2) is 0 Å². The van der Waals surface area contributed by atoms with Gasteiger partial charge in [-0.15, -0.1) is 0 Å². The van der Waals surface area contributed by atoms with Gasteiger partial charge in [0.25, 0.3) is 0 Å². The van der Waals surface area contributed by atoms with Crippen molar-refractivity contribution in [3.05, 3.63) is 109 Å². The van der Waals surface area contributed by atoms with Crippen molar-refractivity contribution in [2.45, 2.75) is 258 Å². The second-order valence-electron chi connectivity index (χ2n) is 18.4. The maximum Gasteiger partial charge on any atom is 0.306 e. The minimum atomic E-state index is -0.583. The molecule has 1 unspecified atom stereocenters. The third-order valence-electron chi connectivity index (χ3n) is 11.8. The van der Waals surface area contributed by atoms with Gasteiger partial charge in [0.05, 0.1) is 6.61 Å². The first-order chi connectivity index (χ1) is 33.6. The van der Waals surface area contributed by atoms with E-state index >= 15 is 0 Å². The Morgan fingerprint density at radius 3 is 1.10 bits per heavy atom. The van der Waals surface area contributed by atoms with Gasteiger partial charge < -0.3 is 14.2 Å². The van der Waals surface area contributed by atoms with Crippen LogP contribution in [0.15, 0.2) is 109 Å². The number of carbonyl (C=O) groups is 2. The van der Waals surface area contributed by atoms with Crippen LogP contribution in [-0.2, 0) is 23.8 Å². The van der Waals surface area contributed by atoms with Crippen LogP contribution in [-0.4, -0.2) is 37.9 Å². The molecule has 0 rings (SSSR count). The number of allylic oxidation sites excluding steroid dienone is 18. The first-order valence-electron chi connectivity index (χ1n) is 28.4. The smallest absolute Gasteiger partial charge is 0.306 e. The summed E-state index contributed by atoms with van der Waals surface area (Å²) >= 11 is 0. The van der Waals surface area contributed by atoms with Crippen LogP contribution in [0.3, 0.4) is 0 Å². The second kappa shape index (κ2) is 57.9. The summed E-state index contributed by atoms with van der Waals surface area (Å²) in [6, 6.07) is 0. The van der Waals surface area contributed by atoms with E-state index in [9.17, 15) is 9.59 Å². The van der Waals surface area contributed by atoms with Crippen molar-refractivity contribution in [1.29, 1.82) is 0 Å². The zero-order valence-electron chi connectivity index (χ0n) is 44.6. The van der Waals surface area contributed by atoms with Gasteiger partial charge in [-0.3, -0.25) is 9.59 Å². The zero-order chi connectivity index (χ0) is 49.2. The normalized spacial score (nSPS) is 13.0. The van der Waals surface area contributed by atoms with Crippen molar-refractivity contribution in [3.8, 4) is 0 Å². The number of hydrogen-bond donors (Lipinski definition) is 0. The molecule has 0 amide bonds. The number of esters is 2. The third kappa shape index (κ3) is 55.2. The fourth-order valence-corrected chi connectivity index (χ4v) is 7.55. The van der Waals surface area contributed by atoms with E-state index < -0.39 is 6.10 Å². The molecule has 5 nitrogen and oxygen atoms in total. The molecule has 0 aliphatic carbocycles. The van der Waals surface area contributed by atoms with E-state index in [0.717, 1.165) is 103 Å². The van der Waals surface area contributed by atoms with Gasteiger partial charge in [-0.05, 0) is 122 Å². The molecule has 388 valence electrons. The predicted octanol–water partition coefficient (Wildman–Crippen LogP) is 19.6. The van der Waals surface area contributed by atoms with Crippen molar-refractivity contribution in [2.75, 3.05) is 19.8 Å². The summed E-state index contributed by atoms with van der Waals surface area (Å²) in [5.74, 6) is -0.451.